The van der Waals surface area contributed by atoms with Gasteiger partial charge in [0.25, 0.3) is 0 Å². The maximum atomic E-state index is 10.5. The fraction of sp³-hybridized carbons (Fsp3) is 0.857. The third-order valence-corrected chi connectivity index (χ3v) is 8.50. The molecular weight excluding hydrogens is 424 g/mol. The first-order chi connectivity index (χ1) is 16.6. The number of rotatable bonds is 8. The van der Waals surface area contributed by atoms with Crippen molar-refractivity contribution in [1.29, 1.82) is 21.2 Å². The monoisotopic (exact) mass is 466 g/mol. The first-order valence-electron chi connectivity index (χ1n) is 13.8. The minimum absolute atomic E-state index is 0.222. The average molecular weight is 467 g/mol. The smallest absolute Gasteiger partial charge is 0.217 e. The Kier molecular flexibility index (Phi) is 9.39. The van der Waals surface area contributed by atoms with Crippen LogP contribution in [0.5, 0.6) is 0 Å². The summed E-state index contributed by atoms with van der Waals surface area (Å²) >= 11 is 0. The lowest BCUT2D eigenvalue weighted by Gasteiger charge is -2.50. The van der Waals surface area contributed by atoms with Crippen molar-refractivity contribution in [2.45, 2.75) is 134 Å². The molecule has 0 radical (unpaired) electrons. The van der Waals surface area contributed by atoms with Gasteiger partial charge in [0, 0.05) is 6.42 Å². The molecular formula is C28H42N4O2. The quantitative estimate of drug-likeness (QED) is 0.377. The van der Waals surface area contributed by atoms with E-state index in [0.29, 0.717) is 19.3 Å². The van der Waals surface area contributed by atoms with Gasteiger partial charge in [0.2, 0.25) is 11.7 Å². The van der Waals surface area contributed by atoms with E-state index in [2.05, 4.69) is 25.1 Å². The molecule has 0 spiro atoms. The first kappa shape index (κ1) is 26.5. The number of unbranched alkanes of at least 4 members (excludes halogenated alkanes) is 6. The van der Waals surface area contributed by atoms with Crippen LogP contribution >= 0.6 is 0 Å². The summed E-state index contributed by atoms with van der Waals surface area (Å²) in [5.41, 5.74) is -3.28. The number of ether oxygens (including phenoxy) is 2. The van der Waals surface area contributed by atoms with E-state index in [1.54, 1.807) is 0 Å². The van der Waals surface area contributed by atoms with Crippen LogP contribution in [0.2, 0.25) is 0 Å². The summed E-state index contributed by atoms with van der Waals surface area (Å²) in [5, 5.41) is 40.1. The summed E-state index contributed by atoms with van der Waals surface area (Å²) in [6, 6.07) is 6.78. The summed E-state index contributed by atoms with van der Waals surface area (Å²) in [4.78, 5) is 0. The molecule has 2 saturated heterocycles. The normalized spacial score (nSPS) is 33.2. The van der Waals surface area contributed by atoms with Gasteiger partial charge in [-0.1, -0.05) is 96.8 Å². The fourth-order valence-electron chi connectivity index (χ4n) is 6.58. The Balaban J connectivity index is 1.88. The highest BCUT2D eigenvalue weighted by atomic mass is 16.7. The molecule has 1 aliphatic carbocycles. The van der Waals surface area contributed by atoms with Gasteiger partial charge in [-0.05, 0) is 19.3 Å². The van der Waals surface area contributed by atoms with E-state index in [4.69, 9.17) is 14.9 Å². The van der Waals surface area contributed by atoms with Crippen molar-refractivity contribution in [2.24, 2.45) is 16.7 Å². The van der Waals surface area contributed by atoms with Crippen LogP contribution in [0.25, 0.3) is 0 Å². The van der Waals surface area contributed by atoms with Crippen molar-refractivity contribution in [3.05, 3.63) is 0 Å². The second-order valence-corrected chi connectivity index (χ2v) is 10.6. The molecule has 1 saturated carbocycles. The first-order valence-corrected chi connectivity index (χ1v) is 13.8. The topological polar surface area (TPSA) is 114 Å². The molecule has 186 valence electrons. The minimum atomic E-state index is -1.72. The third-order valence-electron chi connectivity index (χ3n) is 8.50. The van der Waals surface area contributed by atoms with E-state index in [0.717, 1.165) is 51.4 Å². The van der Waals surface area contributed by atoms with E-state index in [-0.39, 0.29) is 5.90 Å². The van der Waals surface area contributed by atoms with Gasteiger partial charge in [-0.25, -0.2) is 0 Å². The lowest BCUT2D eigenvalue weighted by atomic mass is 9.52. The Hall–Kier alpha value is -2.10. The Morgan fingerprint density at radius 1 is 0.824 bits per heavy atom. The summed E-state index contributed by atoms with van der Waals surface area (Å²) in [6.07, 6.45) is 17.7. The number of nitrogens with one attached hydrogen (secondary N) is 1. The number of nitriles is 3. The van der Waals surface area contributed by atoms with Crippen LogP contribution in [0.4, 0.5) is 0 Å². The molecule has 1 N–H and O–H groups in total. The summed E-state index contributed by atoms with van der Waals surface area (Å²) in [7, 11) is 0. The molecule has 3 aliphatic rings. The zero-order valence-corrected chi connectivity index (χ0v) is 21.0. The second-order valence-electron chi connectivity index (χ2n) is 10.6. The van der Waals surface area contributed by atoms with Gasteiger partial charge in [0.05, 0.1) is 30.2 Å². The van der Waals surface area contributed by atoms with Crippen molar-refractivity contribution in [3.8, 4) is 18.2 Å². The van der Waals surface area contributed by atoms with Crippen LogP contribution in [0, 0.1) is 56.2 Å². The zero-order chi connectivity index (χ0) is 24.5. The molecule has 3 fully saturated rings. The van der Waals surface area contributed by atoms with Crippen LogP contribution in [-0.4, -0.2) is 17.8 Å². The van der Waals surface area contributed by atoms with E-state index in [9.17, 15) is 15.8 Å². The van der Waals surface area contributed by atoms with Crippen LogP contribution < -0.4 is 0 Å². The molecule has 4 unspecified atom stereocenters. The van der Waals surface area contributed by atoms with Crippen molar-refractivity contribution < 1.29 is 9.47 Å². The van der Waals surface area contributed by atoms with Gasteiger partial charge in [0.15, 0.2) is 10.8 Å². The zero-order valence-electron chi connectivity index (χ0n) is 21.0. The van der Waals surface area contributed by atoms with Crippen molar-refractivity contribution in [3.63, 3.8) is 0 Å². The molecule has 34 heavy (non-hydrogen) atoms. The van der Waals surface area contributed by atoms with E-state index < -0.39 is 28.6 Å². The third kappa shape index (κ3) is 4.70. The van der Waals surface area contributed by atoms with Crippen LogP contribution in [0.15, 0.2) is 0 Å². The average Bonchev–Trinajstić information content (AvgIpc) is 3.02. The molecule has 4 atom stereocenters. The molecule has 2 heterocycles. The summed E-state index contributed by atoms with van der Waals surface area (Å²) in [6.45, 7) is 2.21. The van der Waals surface area contributed by atoms with E-state index in [1.807, 2.05) is 0 Å². The largest absolute Gasteiger partial charge is 0.447 e. The van der Waals surface area contributed by atoms with Crippen molar-refractivity contribution in [1.82, 2.24) is 0 Å². The second kappa shape index (κ2) is 12.0. The minimum Gasteiger partial charge on any atom is -0.447 e. The van der Waals surface area contributed by atoms with Gasteiger partial charge in [-0.15, -0.1) is 0 Å². The maximum absolute atomic E-state index is 10.5. The molecule has 0 amide bonds. The fourth-order valence-corrected chi connectivity index (χ4v) is 6.58. The predicted octanol–water partition coefficient (Wildman–Crippen LogP) is 7.30. The highest BCUT2D eigenvalue weighted by molar-refractivity contribution is 5.89. The predicted molar refractivity (Wildman–Crippen MR) is 130 cm³/mol. The molecule has 0 aromatic heterocycles. The van der Waals surface area contributed by atoms with Crippen LogP contribution in [-0.2, 0) is 9.47 Å². The molecule has 6 heteroatoms. The van der Waals surface area contributed by atoms with E-state index in [1.165, 1.54) is 44.9 Å². The van der Waals surface area contributed by atoms with Crippen LogP contribution in [0.3, 0.4) is 0 Å². The van der Waals surface area contributed by atoms with Crippen molar-refractivity contribution in [2.75, 3.05) is 0 Å². The Morgan fingerprint density at radius 3 is 2.03 bits per heavy atom. The van der Waals surface area contributed by atoms with Gasteiger partial charge in [-0.2, -0.15) is 15.8 Å². The standard InChI is InChI=1S/C28H42N4O2/c1-2-3-4-5-8-12-15-18-24-26(20-29,21-30)27(22-31)23-17-14-11-9-6-7-10-13-16-19-28(23,33-24)34-25(27)32/h23-24,32H,2-19H2,1H3. The van der Waals surface area contributed by atoms with Gasteiger partial charge in [-0.3, -0.25) is 5.41 Å². The van der Waals surface area contributed by atoms with Gasteiger partial charge >= 0.3 is 0 Å². The molecule has 0 aromatic rings. The Morgan fingerprint density at radius 2 is 1.41 bits per heavy atom. The van der Waals surface area contributed by atoms with Gasteiger partial charge < -0.3 is 9.47 Å². The SMILES string of the molecule is CCCCCCCCCC1OC23CCCCCCCCCCC2C(C#N)(C(=N)O3)C1(C#N)C#N. The van der Waals surface area contributed by atoms with Crippen molar-refractivity contribution >= 4 is 5.90 Å². The summed E-state index contributed by atoms with van der Waals surface area (Å²) < 4.78 is 12.8. The molecule has 6 nitrogen and oxygen atoms in total. The number of nitrogens with zero attached hydrogens (tertiary/aromatic N) is 3. The lowest BCUT2D eigenvalue weighted by Crippen LogP contribution is -2.62. The highest BCUT2D eigenvalue weighted by Gasteiger charge is 2.79. The molecule has 0 aromatic carbocycles. The van der Waals surface area contributed by atoms with Gasteiger partial charge in [0.1, 0.15) is 0 Å². The lowest BCUT2D eigenvalue weighted by molar-refractivity contribution is -0.286. The van der Waals surface area contributed by atoms with Crippen LogP contribution in [0.1, 0.15) is 122 Å². The Labute approximate surface area is 206 Å². The maximum Gasteiger partial charge on any atom is 0.217 e. The summed E-state index contributed by atoms with van der Waals surface area (Å²) in [5.74, 6) is -1.74. The molecule has 3 rings (SSSR count). The molecule has 2 aliphatic heterocycles. The number of hydrogen-bond donors (Lipinski definition) is 1. The molecule has 2 bridgehead atoms. The highest BCUT2D eigenvalue weighted by Crippen LogP contribution is 2.65. The van der Waals surface area contributed by atoms with E-state index >= 15 is 0 Å². The number of hydrogen-bond acceptors (Lipinski definition) is 6. The Bertz CT molecular complexity index is 808.